The summed E-state index contributed by atoms with van der Waals surface area (Å²) in [6, 6.07) is 6.58. The highest BCUT2D eigenvalue weighted by Crippen LogP contribution is 2.22. The molecule has 96 valence electrons. The Hall–Kier alpha value is -1.71. The summed E-state index contributed by atoms with van der Waals surface area (Å²) in [6.07, 6.45) is 7.87. The predicted molar refractivity (Wildman–Crippen MR) is 74.0 cm³/mol. The van der Waals surface area contributed by atoms with E-state index in [0.717, 1.165) is 16.7 Å². The number of anilines is 1. The van der Waals surface area contributed by atoms with Gasteiger partial charge in [-0.05, 0) is 31.0 Å². The van der Waals surface area contributed by atoms with Crippen molar-refractivity contribution in [1.29, 1.82) is 0 Å². The third kappa shape index (κ3) is 2.42. The van der Waals surface area contributed by atoms with Crippen LogP contribution in [0.3, 0.4) is 0 Å². The van der Waals surface area contributed by atoms with E-state index in [9.17, 15) is 4.79 Å². The van der Waals surface area contributed by atoms with Crippen LogP contribution in [0.25, 0.3) is 11.0 Å². The van der Waals surface area contributed by atoms with Crippen LogP contribution in [0, 0.1) is 0 Å². The molecule has 3 rings (SSSR count). The van der Waals surface area contributed by atoms with E-state index in [1.165, 1.54) is 38.5 Å². The third-order valence-electron chi connectivity index (χ3n) is 3.74. The molecule has 0 radical (unpaired) electrons. The van der Waals surface area contributed by atoms with Gasteiger partial charge in [-0.15, -0.1) is 0 Å². The molecule has 18 heavy (non-hydrogen) atoms. The van der Waals surface area contributed by atoms with Crippen LogP contribution in [0.15, 0.2) is 23.0 Å². The van der Waals surface area contributed by atoms with Gasteiger partial charge in [-0.2, -0.15) is 0 Å². The average Bonchev–Trinajstić information content (AvgIpc) is 2.56. The van der Waals surface area contributed by atoms with Gasteiger partial charge in [0.2, 0.25) is 0 Å². The van der Waals surface area contributed by atoms with Crippen molar-refractivity contribution in [2.24, 2.45) is 0 Å². The molecule has 0 amide bonds. The molecule has 1 aliphatic carbocycles. The van der Waals surface area contributed by atoms with Gasteiger partial charge >= 0.3 is 5.69 Å². The zero-order valence-corrected chi connectivity index (χ0v) is 10.5. The summed E-state index contributed by atoms with van der Waals surface area (Å²) >= 11 is 0. The first kappa shape index (κ1) is 11.4. The highest BCUT2D eigenvalue weighted by Gasteiger charge is 2.12. The van der Waals surface area contributed by atoms with Crippen molar-refractivity contribution in [3.63, 3.8) is 0 Å². The highest BCUT2D eigenvalue weighted by molar-refractivity contribution is 5.78. The lowest BCUT2D eigenvalue weighted by molar-refractivity contribution is 0.620. The second-order valence-corrected chi connectivity index (χ2v) is 5.17. The lowest BCUT2D eigenvalue weighted by Crippen LogP contribution is -2.18. The Morgan fingerprint density at radius 2 is 1.72 bits per heavy atom. The molecule has 0 aliphatic heterocycles. The largest absolute Gasteiger partial charge is 0.382 e. The Morgan fingerprint density at radius 3 is 2.50 bits per heavy atom. The van der Waals surface area contributed by atoms with Crippen LogP contribution in [-0.4, -0.2) is 16.0 Å². The maximum atomic E-state index is 11.2. The maximum absolute atomic E-state index is 11.2. The molecule has 0 saturated heterocycles. The van der Waals surface area contributed by atoms with Gasteiger partial charge in [0.25, 0.3) is 0 Å². The third-order valence-corrected chi connectivity index (χ3v) is 3.74. The predicted octanol–water partition coefficient (Wildman–Crippen LogP) is 2.99. The lowest BCUT2D eigenvalue weighted by atomic mass is 10.1. The molecule has 0 bridgehead atoms. The number of hydrogen-bond acceptors (Lipinski definition) is 2. The summed E-state index contributed by atoms with van der Waals surface area (Å²) in [6.45, 7) is 0. The first-order valence-electron chi connectivity index (χ1n) is 6.80. The Balaban J connectivity index is 1.78. The normalized spacial score (nSPS) is 17.8. The summed E-state index contributed by atoms with van der Waals surface area (Å²) in [5.41, 5.74) is 2.70. The van der Waals surface area contributed by atoms with Crippen LogP contribution in [-0.2, 0) is 0 Å². The molecule has 4 nitrogen and oxygen atoms in total. The van der Waals surface area contributed by atoms with E-state index >= 15 is 0 Å². The van der Waals surface area contributed by atoms with Gasteiger partial charge in [-0.25, -0.2) is 4.79 Å². The Morgan fingerprint density at radius 1 is 1.00 bits per heavy atom. The van der Waals surface area contributed by atoms with Crippen molar-refractivity contribution < 1.29 is 0 Å². The second-order valence-electron chi connectivity index (χ2n) is 5.17. The molecule has 1 heterocycles. The van der Waals surface area contributed by atoms with Crippen LogP contribution in [0.5, 0.6) is 0 Å². The fraction of sp³-hybridized carbons (Fsp3) is 0.500. The minimum Gasteiger partial charge on any atom is -0.382 e. The number of imidazole rings is 1. The molecule has 1 aromatic heterocycles. The van der Waals surface area contributed by atoms with Gasteiger partial charge in [0.1, 0.15) is 0 Å². The summed E-state index contributed by atoms with van der Waals surface area (Å²) in [4.78, 5) is 16.8. The number of benzene rings is 1. The topological polar surface area (TPSA) is 60.7 Å². The van der Waals surface area contributed by atoms with Gasteiger partial charge in [-0.1, -0.05) is 25.7 Å². The van der Waals surface area contributed by atoms with E-state index in [2.05, 4.69) is 15.3 Å². The van der Waals surface area contributed by atoms with Gasteiger partial charge in [0.05, 0.1) is 11.0 Å². The second kappa shape index (κ2) is 4.88. The van der Waals surface area contributed by atoms with Gasteiger partial charge < -0.3 is 15.3 Å². The van der Waals surface area contributed by atoms with Crippen LogP contribution in [0.1, 0.15) is 38.5 Å². The van der Waals surface area contributed by atoms with Gasteiger partial charge in [0, 0.05) is 11.7 Å². The van der Waals surface area contributed by atoms with Crippen LogP contribution < -0.4 is 11.0 Å². The van der Waals surface area contributed by atoms with Gasteiger partial charge in [0.15, 0.2) is 0 Å². The molecular weight excluding hydrogens is 226 g/mol. The standard InChI is InChI=1S/C14H19N3O/c18-14-16-12-8-7-11(9-13(12)17-14)15-10-5-3-1-2-4-6-10/h7-10,15H,1-6H2,(H2,16,17,18). The fourth-order valence-electron chi connectivity index (χ4n) is 2.78. The lowest BCUT2D eigenvalue weighted by Gasteiger charge is -2.17. The number of rotatable bonds is 2. The molecule has 0 unspecified atom stereocenters. The van der Waals surface area contributed by atoms with E-state index in [0.29, 0.717) is 6.04 Å². The van der Waals surface area contributed by atoms with Crippen LogP contribution in [0.2, 0.25) is 0 Å². The number of H-pyrrole nitrogens is 2. The van der Waals surface area contributed by atoms with Crippen molar-refractivity contribution in [1.82, 2.24) is 9.97 Å². The Kier molecular flexibility index (Phi) is 3.09. The smallest absolute Gasteiger partial charge is 0.323 e. The average molecular weight is 245 g/mol. The zero-order chi connectivity index (χ0) is 12.4. The zero-order valence-electron chi connectivity index (χ0n) is 10.5. The minimum atomic E-state index is -0.142. The van der Waals surface area contributed by atoms with Crippen LogP contribution >= 0.6 is 0 Å². The fourth-order valence-corrected chi connectivity index (χ4v) is 2.78. The van der Waals surface area contributed by atoms with E-state index < -0.39 is 0 Å². The van der Waals surface area contributed by atoms with Crippen molar-refractivity contribution in [3.05, 3.63) is 28.7 Å². The molecule has 4 heteroatoms. The van der Waals surface area contributed by atoms with E-state index in [1.54, 1.807) is 0 Å². The Labute approximate surface area is 106 Å². The molecule has 2 aromatic rings. The molecule has 0 spiro atoms. The van der Waals surface area contributed by atoms with Gasteiger partial charge in [-0.3, -0.25) is 0 Å². The van der Waals surface area contributed by atoms with Crippen molar-refractivity contribution in [2.45, 2.75) is 44.6 Å². The molecule has 0 atom stereocenters. The highest BCUT2D eigenvalue weighted by atomic mass is 16.1. The molecule has 1 aromatic carbocycles. The number of fused-ring (bicyclic) bond motifs is 1. The number of aromatic amines is 2. The number of hydrogen-bond donors (Lipinski definition) is 3. The molecule has 1 fully saturated rings. The summed E-state index contributed by atoms with van der Waals surface area (Å²) in [7, 11) is 0. The minimum absolute atomic E-state index is 0.142. The molecule has 3 N–H and O–H groups in total. The van der Waals surface area contributed by atoms with Crippen molar-refractivity contribution in [2.75, 3.05) is 5.32 Å². The van der Waals surface area contributed by atoms with E-state index in [-0.39, 0.29) is 5.69 Å². The first-order valence-corrected chi connectivity index (χ1v) is 6.80. The van der Waals surface area contributed by atoms with Crippen molar-refractivity contribution >= 4 is 16.7 Å². The number of nitrogens with one attached hydrogen (secondary N) is 3. The molecule has 1 aliphatic rings. The summed E-state index contributed by atoms with van der Waals surface area (Å²) in [5.74, 6) is 0. The van der Waals surface area contributed by atoms with Crippen molar-refractivity contribution in [3.8, 4) is 0 Å². The van der Waals surface area contributed by atoms with Crippen LogP contribution in [0.4, 0.5) is 5.69 Å². The van der Waals surface area contributed by atoms with E-state index in [1.807, 2.05) is 18.2 Å². The summed E-state index contributed by atoms with van der Waals surface area (Å²) < 4.78 is 0. The first-order chi connectivity index (χ1) is 8.81. The van der Waals surface area contributed by atoms with E-state index in [4.69, 9.17) is 0 Å². The monoisotopic (exact) mass is 245 g/mol. The molecule has 1 saturated carbocycles. The quantitative estimate of drug-likeness (QED) is 0.712. The maximum Gasteiger partial charge on any atom is 0.323 e. The Bertz CT molecular complexity index is 576. The molecular formula is C14H19N3O. The number of aromatic nitrogens is 2. The summed E-state index contributed by atoms with van der Waals surface area (Å²) in [5, 5.41) is 3.59. The SMILES string of the molecule is O=c1[nH]c2ccc(NC3CCCCCC3)cc2[nH]1.